The zero-order valence-corrected chi connectivity index (χ0v) is 19.8. The molecule has 0 aliphatic carbocycles. The molecular weight excluding hydrogens is 466 g/mol. The molecule has 0 radical (unpaired) electrons. The van der Waals surface area contributed by atoms with Gasteiger partial charge in [-0.1, -0.05) is 12.1 Å². The molecule has 1 unspecified atom stereocenters. The maximum Gasteiger partial charge on any atom is 0.339 e. The second-order valence-corrected chi connectivity index (χ2v) is 9.70. The molecule has 11 nitrogen and oxygen atoms in total. The van der Waals surface area contributed by atoms with Crippen LogP contribution in [0.1, 0.15) is 28.4 Å². The molecule has 34 heavy (non-hydrogen) atoms. The van der Waals surface area contributed by atoms with E-state index in [1.54, 1.807) is 26.0 Å². The van der Waals surface area contributed by atoms with Crippen LogP contribution < -0.4 is 5.32 Å². The van der Waals surface area contributed by atoms with E-state index in [1.165, 1.54) is 29.4 Å². The molecule has 0 bridgehead atoms. The summed E-state index contributed by atoms with van der Waals surface area (Å²) in [6.07, 6.45) is -1.24. The molecule has 1 atom stereocenters. The van der Waals surface area contributed by atoms with E-state index in [9.17, 15) is 28.1 Å². The van der Waals surface area contributed by atoms with Gasteiger partial charge in [-0.05, 0) is 44.5 Å². The summed E-state index contributed by atoms with van der Waals surface area (Å²) in [6, 6.07) is 8.36. The average molecular weight is 492 g/mol. The first-order valence-electron chi connectivity index (χ1n) is 10.5. The van der Waals surface area contributed by atoms with Crippen molar-refractivity contribution < 1.29 is 32.4 Å². The number of nitrogens with zero attached hydrogens (tertiary/aromatic N) is 2. The topological polar surface area (TPSA) is 145 Å². The van der Waals surface area contributed by atoms with Gasteiger partial charge in [-0.2, -0.15) is 4.31 Å². The number of esters is 1. The summed E-state index contributed by atoms with van der Waals surface area (Å²) in [6.45, 7) is 5.63. The molecule has 1 aliphatic heterocycles. The lowest BCUT2D eigenvalue weighted by atomic mass is 10.1. The molecule has 1 fully saturated rings. The number of nitro benzene ring substituents is 1. The number of amides is 1. The zero-order valence-electron chi connectivity index (χ0n) is 18.9. The van der Waals surface area contributed by atoms with Gasteiger partial charge in [0.25, 0.3) is 11.6 Å². The number of hydrogen-bond donors (Lipinski definition) is 1. The number of morpholine rings is 1. The second kappa shape index (κ2) is 10.3. The molecule has 1 amide bonds. The van der Waals surface area contributed by atoms with Crippen LogP contribution in [0.4, 0.5) is 11.4 Å². The fourth-order valence-electron chi connectivity index (χ4n) is 3.34. The molecule has 3 rings (SSSR count). The Kier molecular flexibility index (Phi) is 7.64. The highest BCUT2D eigenvalue weighted by molar-refractivity contribution is 7.89. The summed E-state index contributed by atoms with van der Waals surface area (Å²) in [5, 5.41) is 13.6. The van der Waals surface area contributed by atoms with Crippen LogP contribution in [0.25, 0.3) is 0 Å². The van der Waals surface area contributed by atoms with Crippen LogP contribution in [0.2, 0.25) is 0 Å². The van der Waals surface area contributed by atoms with E-state index in [0.717, 1.165) is 6.07 Å². The van der Waals surface area contributed by atoms with E-state index >= 15 is 0 Å². The van der Waals surface area contributed by atoms with Gasteiger partial charge in [-0.15, -0.1) is 0 Å². The second-order valence-electron chi connectivity index (χ2n) is 7.79. The molecule has 1 aliphatic rings. The van der Waals surface area contributed by atoms with Crippen molar-refractivity contribution in [3.05, 3.63) is 63.2 Å². The van der Waals surface area contributed by atoms with Gasteiger partial charge in [-0.3, -0.25) is 14.9 Å². The Morgan fingerprint density at radius 2 is 1.76 bits per heavy atom. The number of hydrogen-bond acceptors (Lipinski definition) is 8. The van der Waals surface area contributed by atoms with Crippen molar-refractivity contribution in [1.82, 2.24) is 4.31 Å². The zero-order chi connectivity index (χ0) is 25.0. The maximum atomic E-state index is 13.0. The highest BCUT2D eigenvalue weighted by Crippen LogP contribution is 2.25. The lowest BCUT2D eigenvalue weighted by Crippen LogP contribution is -2.40. The van der Waals surface area contributed by atoms with Gasteiger partial charge >= 0.3 is 5.97 Å². The highest BCUT2D eigenvalue weighted by Gasteiger charge is 2.28. The number of benzene rings is 2. The summed E-state index contributed by atoms with van der Waals surface area (Å²) in [4.78, 5) is 35.5. The van der Waals surface area contributed by atoms with E-state index in [0.29, 0.717) is 24.3 Å². The number of aryl methyl sites for hydroxylation is 2. The predicted molar refractivity (Wildman–Crippen MR) is 122 cm³/mol. The maximum absolute atomic E-state index is 13.0. The SMILES string of the molecule is Cc1ccc(C(=O)OC(C)C(=O)Nc2ccc(C)c(S(=O)(=O)N3CCOCC3)c2)cc1[N+](=O)[O-]. The molecule has 0 aromatic heterocycles. The molecule has 12 heteroatoms. The van der Waals surface area contributed by atoms with Gasteiger partial charge in [0.1, 0.15) is 0 Å². The van der Waals surface area contributed by atoms with Gasteiger partial charge in [0.05, 0.1) is 28.6 Å². The molecule has 1 saturated heterocycles. The van der Waals surface area contributed by atoms with Gasteiger partial charge < -0.3 is 14.8 Å². The molecule has 2 aromatic carbocycles. The lowest BCUT2D eigenvalue weighted by molar-refractivity contribution is -0.385. The van der Waals surface area contributed by atoms with E-state index < -0.39 is 32.9 Å². The third-order valence-corrected chi connectivity index (χ3v) is 7.38. The third-order valence-electron chi connectivity index (χ3n) is 5.34. The van der Waals surface area contributed by atoms with Gasteiger partial charge in [0.15, 0.2) is 6.10 Å². The van der Waals surface area contributed by atoms with Crippen molar-refractivity contribution in [2.45, 2.75) is 31.8 Å². The number of anilines is 1. The number of rotatable bonds is 7. The number of nitro groups is 1. The summed E-state index contributed by atoms with van der Waals surface area (Å²) in [7, 11) is -3.78. The standard InChI is InChI=1S/C22H25N3O8S/c1-14-4-6-17(12-19(14)25(28)29)22(27)33-16(3)21(26)23-18-7-5-15(2)20(13-18)34(30,31)24-8-10-32-11-9-24/h4-7,12-13,16H,8-11H2,1-3H3,(H,23,26). The monoisotopic (exact) mass is 491 g/mol. The minimum atomic E-state index is -3.78. The molecule has 182 valence electrons. The number of ether oxygens (including phenoxy) is 2. The minimum absolute atomic E-state index is 0.0591. The molecule has 0 spiro atoms. The van der Waals surface area contributed by atoms with E-state index in [2.05, 4.69) is 5.32 Å². The first-order valence-corrected chi connectivity index (χ1v) is 11.9. The van der Waals surface area contributed by atoms with Crippen molar-refractivity contribution in [2.24, 2.45) is 0 Å². The van der Waals surface area contributed by atoms with Crippen molar-refractivity contribution in [2.75, 3.05) is 31.6 Å². The molecule has 0 saturated carbocycles. The van der Waals surface area contributed by atoms with Crippen LogP contribution in [0.3, 0.4) is 0 Å². The minimum Gasteiger partial charge on any atom is -0.449 e. The molecule has 1 heterocycles. The Morgan fingerprint density at radius 3 is 2.41 bits per heavy atom. The Balaban J connectivity index is 1.72. The van der Waals surface area contributed by atoms with Gasteiger partial charge in [0, 0.05) is 30.4 Å². The Bertz CT molecular complexity index is 1220. The fraction of sp³-hybridized carbons (Fsp3) is 0.364. The largest absolute Gasteiger partial charge is 0.449 e. The fourth-order valence-corrected chi connectivity index (χ4v) is 5.00. The number of carbonyl (C=O) groups is 2. The summed E-state index contributed by atoms with van der Waals surface area (Å²) in [5.74, 6) is -1.58. The van der Waals surface area contributed by atoms with Gasteiger partial charge in [-0.25, -0.2) is 13.2 Å². The van der Waals surface area contributed by atoms with Crippen molar-refractivity contribution in [3.8, 4) is 0 Å². The van der Waals surface area contributed by atoms with Crippen LogP contribution in [0.5, 0.6) is 0 Å². The number of nitrogens with one attached hydrogen (secondary N) is 1. The smallest absolute Gasteiger partial charge is 0.339 e. The first kappa shape index (κ1) is 25.3. The first-order chi connectivity index (χ1) is 16.0. The predicted octanol–water partition coefficient (Wildman–Crippen LogP) is 2.42. The summed E-state index contributed by atoms with van der Waals surface area (Å²) >= 11 is 0. The average Bonchev–Trinajstić information content (AvgIpc) is 2.80. The normalized spacial score (nSPS) is 15.4. The van der Waals surface area contributed by atoms with E-state index in [4.69, 9.17) is 9.47 Å². The third kappa shape index (κ3) is 5.58. The number of sulfonamides is 1. The number of carbonyl (C=O) groups excluding carboxylic acids is 2. The molecule has 1 N–H and O–H groups in total. The Hall–Kier alpha value is -3.35. The Labute approximate surface area is 196 Å². The highest BCUT2D eigenvalue weighted by atomic mass is 32.2. The van der Waals surface area contributed by atoms with Crippen molar-refractivity contribution in [1.29, 1.82) is 0 Å². The summed E-state index contributed by atoms with van der Waals surface area (Å²) < 4.78 is 37.7. The van der Waals surface area contributed by atoms with Crippen LogP contribution in [-0.2, 0) is 24.3 Å². The summed E-state index contributed by atoms with van der Waals surface area (Å²) in [5.41, 5.74) is 0.821. The Morgan fingerprint density at radius 1 is 1.12 bits per heavy atom. The van der Waals surface area contributed by atoms with Crippen molar-refractivity contribution >= 4 is 33.3 Å². The molecular formula is C22H25N3O8S. The van der Waals surface area contributed by atoms with Gasteiger partial charge in [0.2, 0.25) is 10.0 Å². The van der Waals surface area contributed by atoms with Crippen LogP contribution in [-0.4, -0.2) is 61.9 Å². The van der Waals surface area contributed by atoms with E-state index in [-0.39, 0.29) is 34.9 Å². The van der Waals surface area contributed by atoms with Crippen LogP contribution >= 0.6 is 0 Å². The quantitative estimate of drug-likeness (QED) is 0.353. The van der Waals surface area contributed by atoms with Crippen molar-refractivity contribution in [3.63, 3.8) is 0 Å². The van der Waals surface area contributed by atoms with Crippen LogP contribution in [0, 0.1) is 24.0 Å². The van der Waals surface area contributed by atoms with E-state index in [1.807, 2.05) is 0 Å². The molecule has 2 aromatic rings. The van der Waals surface area contributed by atoms with Crippen LogP contribution in [0.15, 0.2) is 41.3 Å². The lowest BCUT2D eigenvalue weighted by Gasteiger charge is -2.27.